The summed E-state index contributed by atoms with van der Waals surface area (Å²) in [7, 11) is 0. The SMILES string of the molecule is O=C1COc2ccccc2C(=O)NCCCCNC(=O)c2ccccc2OCC(=O)Nc2ccccc2SCC(OC(=O)CCCl)CSc2ccccc2N1. The highest BCUT2D eigenvalue weighted by molar-refractivity contribution is 8.00. The Morgan fingerprint density at radius 1 is 0.655 bits per heavy atom. The van der Waals surface area contributed by atoms with Gasteiger partial charge in [0.15, 0.2) is 13.2 Å². The predicted molar refractivity (Wildman–Crippen MR) is 215 cm³/mol. The molecule has 12 nitrogen and oxygen atoms in total. The number of amides is 4. The van der Waals surface area contributed by atoms with Crippen LogP contribution in [0.2, 0.25) is 0 Å². The standard InChI is InChI=1S/C40H41ClN4O8S2/c41-20-19-38(48)53-27-25-54-34-17-7-3-13-30(34)44-36(46)23-51-32-15-5-1-11-28(32)39(49)42-21-9-10-22-43-40(50)29-12-2-6-16-33(29)52-24-37(47)45-31-14-4-8-18-35(31)55-26-27/h1-8,11-18,27H,9-10,19-26H2,(H,42,49)(H,43,50)(H,44,46)(H,45,47). The minimum atomic E-state index is -0.564. The van der Waals surface area contributed by atoms with Gasteiger partial charge in [0.1, 0.15) is 17.6 Å². The molecule has 55 heavy (non-hydrogen) atoms. The minimum absolute atomic E-state index is 0.0439. The molecule has 0 fully saturated rings. The second kappa shape index (κ2) is 21.6. The van der Waals surface area contributed by atoms with Gasteiger partial charge in [-0.3, -0.25) is 24.0 Å². The molecule has 0 unspecified atom stereocenters. The molecule has 288 valence electrons. The van der Waals surface area contributed by atoms with E-state index in [9.17, 15) is 24.0 Å². The van der Waals surface area contributed by atoms with Gasteiger partial charge >= 0.3 is 5.97 Å². The summed E-state index contributed by atoms with van der Waals surface area (Å²) in [5, 5.41) is 11.5. The molecule has 4 amide bonds. The Morgan fingerprint density at radius 2 is 1.09 bits per heavy atom. The van der Waals surface area contributed by atoms with Gasteiger partial charge in [0.05, 0.1) is 28.9 Å². The van der Waals surface area contributed by atoms with Gasteiger partial charge in [0, 0.05) is 40.3 Å². The van der Waals surface area contributed by atoms with E-state index < -0.39 is 23.9 Å². The highest BCUT2D eigenvalue weighted by Gasteiger charge is 2.20. The molecule has 0 aromatic heterocycles. The highest BCUT2D eigenvalue weighted by atomic mass is 35.5. The van der Waals surface area contributed by atoms with E-state index in [0.29, 0.717) is 48.8 Å². The molecular formula is C40H41ClN4O8S2. The molecule has 1 aliphatic rings. The van der Waals surface area contributed by atoms with E-state index >= 15 is 0 Å². The van der Waals surface area contributed by atoms with E-state index in [4.69, 9.17) is 25.8 Å². The third-order valence-electron chi connectivity index (χ3n) is 7.92. The summed E-state index contributed by atoms with van der Waals surface area (Å²) in [5.74, 6) is -0.688. The number of ether oxygens (including phenoxy) is 3. The number of anilines is 2. The Kier molecular flexibility index (Phi) is 16.1. The molecule has 1 aliphatic heterocycles. The van der Waals surface area contributed by atoms with Crippen LogP contribution in [-0.2, 0) is 19.1 Å². The van der Waals surface area contributed by atoms with Crippen LogP contribution in [0.5, 0.6) is 11.5 Å². The van der Waals surface area contributed by atoms with Crippen molar-refractivity contribution in [1.82, 2.24) is 10.6 Å². The van der Waals surface area contributed by atoms with Crippen LogP contribution in [0.4, 0.5) is 11.4 Å². The number of hydrogen-bond donors (Lipinski definition) is 4. The van der Waals surface area contributed by atoms with E-state index in [2.05, 4.69) is 21.3 Å². The molecule has 0 spiro atoms. The summed E-state index contributed by atoms with van der Waals surface area (Å²) in [6.45, 7) is 0.00714. The van der Waals surface area contributed by atoms with E-state index in [1.807, 2.05) is 24.3 Å². The fraction of sp³-hybridized carbons (Fsp3) is 0.275. The van der Waals surface area contributed by atoms with Crippen LogP contribution in [0.1, 0.15) is 40.0 Å². The molecule has 0 radical (unpaired) electrons. The van der Waals surface area contributed by atoms with Crippen molar-refractivity contribution in [1.29, 1.82) is 0 Å². The van der Waals surface area contributed by atoms with Crippen molar-refractivity contribution in [3.63, 3.8) is 0 Å². The molecule has 0 bridgehead atoms. The second-order valence-corrected chi connectivity index (χ2v) is 14.6. The average Bonchev–Trinajstić information content (AvgIpc) is 3.19. The number of carbonyl (C=O) groups is 5. The number of hydrogen-bond acceptors (Lipinski definition) is 10. The quantitative estimate of drug-likeness (QED) is 0.135. The number of fused-ring (bicyclic) bond motifs is 4. The average molecular weight is 805 g/mol. The van der Waals surface area contributed by atoms with Crippen molar-refractivity contribution >= 4 is 76.1 Å². The summed E-state index contributed by atoms with van der Waals surface area (Å²) in [6.07, 6.45) is 0.654. The maximum atomic E-state index is 13.1. The summed E-state index contributed by atoms with van der Waals surface area (Å²) in [6, 6.07) is 27.8. The first-order valence-electron chi connectivity index (χ1n) is 17.6. The Labute approximate surface area is 332 Å². The van der Waals surface area contributed by atoms with Gasteiger partial charge in [-0.2, -0.15) is 0 Å². The lowest BCUT2D eigenvalue weighted by Crippen LogP contribution is -2.28. The highest BCUT2D eigenvalue weighted by Crippen LogP contribution is 2.32. The third-order valence-corrected chi connectivity index (χ3v) is 10.5. The Bertz CT molecular complexity index is 1840. The Hall–Kier alpha value is -5.18. The number of esters is 1. The van der Waals surface area contributed by atoms with E-state index in [1.54, 1.807) is 72.8 Å². The number of rotatable bonds is 3. The normalized spacial score (nSPS) is 15.8. The first-order chi connectivity index (χ1) is 26.8. The monoisotopic (exact) mass is 804 g/mol. The fourth-order valence-corrected chi connectivity index (χ4v) is 7.56. The zero-order valence-electron chi connectivity index (χ0n) is 29.8. The zero-order chi connectivity index (χ0) is 38.8. The Morgan fingerprint density at radius 3 is 1.56 bits per heavy atom. The van der Waals surface area contributed by atoms with Gasteiger partial charge in [-0.05, 0) is 61.4 Å². The lowest BCUT2D eigenvalue weighted by Gasteiger charge is -2.19. The molecule has 4 aromatic rings. The van der Waals surface area contributed by atoms with Gasteiger partial charge < -0.3 is 35.5 Å². The van der Waals surface area contributed by atoms with Crippen molar-refractivity contribution in [2.45, 2.75) is 35.2 Å². The fourth-order valence-electron chi connectivity index (χ4n) is 5.26. The van der Waals surface area contributed by atoms with Crippen LogP contribution in [0.25, 0.3) is 0 Å². The second-order valence-electron chi connectivity index (χ2n) is 12.1. The van der Waals surface area contributed by atoms with E-state index in [-0.39, 0.29) is 60.0 Å². The van der Waals surface area contributed by atoms with Crippen LogP contribution < -0.4 is 30.7 Å². The van der Waals surface area contributed by atoms with Gasteiger partial charge in [-0.25, -0.2) is 0 Å². The van der Waals surface area contributed by atoms with Crippen molar-refractivity contribution in [3.8, 4) is 11.5 Å². The lowest BCUT2D eigenvalue weighted by atomic mass is 10.1. The molecule has 4 N–H and O–H groups in total. The molecule has 0 aliphatic carbocycles. The van der Waals surface area contributed by atoms with E-state index in [0.717, 1.165) is 9.79 Å². The molecular weight excluding hydrogens is 764 g/mol. The van der Waals surface area contributed by atoms with Crippen molar-refractivity contribution < 1.29 is 38.2 Å². The first-order valence-corrected chi connectivity index (χ1v) is 20.1. The van der Waals surface area contributed by atoms with E-state index in [1.165, 1.54) is 23.5 Å². The molecule has 0 saturated carbocycles. The Balaban J connectivity index is 1.35. The van der Waals surface area contributed by atoms with Gasteiger partial charge in [-0.1, -0.05) is 48.5 Å². The summed E-state index contributed by atoms with van der Waals surface area (Å²) >= 11 is 8.63. The van der Waals surface area contributed by atoms with Crippen LogP contribution >= 0.6 is 35.1 Å². The maximum absolute atomic E-state index is 13.1. The van der Waals surface area contributed by atoms with Crippen LogP contribution in [-0.4, -0.2) is 79.4 Å². The summed E-state index contributed by atoms with van der Waals surface area (Å²) < 4.78 is 17.4. The van der Waals surface area contributed by atoms with Crippen LogP contribution in [0.3, 0.4) is 0 Å². The molecule has 5 rings (SSSR count). The van der Waals surface area contributed by atoms with Crippen LogP contribution in [0.15, 0.2) is 107 Å². The number of carbonyl (C=O) groups excluding carboxylic acids is 5. The largest absolute Gasteiger partial charge is 0.483 e. The number of alkyl halides is 1. The molecule has 15 heteroatoms. The number of para-hydroxylation sites is 4. The maximum Gasteiger partial charge on any atom is 0.307 e. The molecule has 1 heterocycles. The van der Waals surface area contributed by atoms with Crippen molar-refractivity contribution in [3.05, 3.63) is 108 Å². The summed E-state index contributed by atoms with van der Waals surface area (Å²) in [5.41, 5.74) is 1.65. The van der Waals surface area contributed by atoms with Crippen LogP contribution in [0, 0.1) is 0 Å². The topological polar surface area (TPSA) is 161 Å². The number of halogens is 1. The number of thioether (sulfide) groups is 2. The first kappa shape index (κ1) is 41.0. The van der Waals surface area contributed by atoms with Gasteiger partial charge in [0.25, 0.3) is 23.6 Å². The minimum Gasteiger partial charge on any atom is -0.483 e. The third kappa shape index (κ3) is 13.0. The van der Waals surface area contributed by atoms with Crippen molar-refractivity contribution in [2.24, 2.45) is 0 Å². The zero-order valence-corrected chi connectivity index (χ0v) is 32.2. The molecule has 0 saturated heterocycles. The van der Waals surface area contributed by atoms with Crippen molar-refractivity contribution in [2.75, 3.05) is 54.3 Å². The smallest absolute Gasteiger partial charge is 0.307 e. The van der Waals surface area contributed by atoms with Gasteiger partial charge in [-0.15, -0.1) is 35.1 Å². The number of nitrogens with one attached hydrogen (secondary N) is 4. The molecule has 0 atom stereocenters. The van der Waals surface area contributed by atoms with Gasteiger partial charge in [0.2, 0.25) is 0 Å². The lowest BCUT2D eigenvalue weighted by molar-refractivity contribution is -0.146. The predicted octanol–water partition coefficient (Wildman–Crippen LogP) is 6.40. The number of benzene rings is 4. The summed E-state index contributed by atoms with van der Waals surface area (Å²) in [4.78, 5) is 66.3. The molecule has 4 aromatic carbocycles.